The summed E-state index contributed by atoms with van der Waals surface area (Å²) in [4.78, 5) is 12.9. The van der Waals surface area contributed by atoms with E-state index in [1.54, 1.807) is 18.2 Å². The fourth-order valence-electron chi connectivity index (χ4n) is 3.57. The Bertz CT molecular complexity index is 1040. The van der Waals surface area contributed by atoms with Gasteiger partial charge in [-0.05, 0) is 74.6 Å². The largest absolute Gasteiger partial charge is 0.489 e. The second-order valence-electron chi connectivity index (χ2n) is 8.47. The molecule has 0 saturated carbocycles. The van der Waals surface area contributed by atoms with Crippen LogP contribution < -0.4 is 14.8 Å². The fourth-order valence-corrected chi connectivity index (χ4v) is 3.80. The summed E-state index contributed by atoms with van der Waals surface area (Å²) in [6.45, 7) is 4.43. The Morgan fingerprint density at radius 3 is 2.38 bits per heavy atom. The van der Waals surface area contributed by atoms with Crippen molar-refractivity contribution in [3.8, 4) is 11.5 Å². The van der Waals surface area contributed by atoms with Gasteiger partial charge in [-0.3, -0.25) is 4.79 Å². The Kier molecular flexibility index (Phi) is 9.80. The molecule has 0 heterocycles. The van der Waals surface area contributed by atoms with E-state index in [1.807, 2.05) is 68.4 Å². The summed E-state index contributed by atoms with van der Waals surface area (Å²) in [5, 5.41) is 12.8. The number of carbonyl (C=O) groups is 1. The van der Waals surface area contributed by atoms with Gasteiger partial charge in [0.2, 0.25) is 0 Å². The van der Waals surface area contributed by atoms with E-state index < -0.39 is 0 Å². The van der Waals surface area contributed by atoms with Crippen molar-refractivity contribution in [2.75, 3.05) is 6.61 Å². The molecule has 1 unspecified atom stereocenters. The third-order valence-electron chi connectivity index (χ3n) is 5.26. The van der Waals surface area contributed by atoms with Crippen LogP contribution in [0.5, 0.6) is 11.5 Å². The lowest BCUT2D eigenvalue weighted by atomic mass is 10.0. The molecule has 3 aromatic carbocycles. The Morgan fingerprint density at radius 1 is 1.00 bits per heavy atom. The number of ether oxygens (including phenoxy) is 2. The summed E-state index contributed by atoms with van der Waals surface area (Å²) >= 11 is 6.30. The lowest BCUT2D eigenvalue weighted by Crippen LogP contribution is -2.36. The van der Waals surface area contributed by atoms with E-state index >= 15 is 0 Å². The first-order chi connectivity index (χ1) is 16.4. The van der Waals surface area contributed by atoms with E-state index in [1.165, 1.54) is 0 Å². The van der Waals surface area contributed by atoms with Gasteiger partial charge in [0.1, 0.15) is 18.1 Å². The van der Waals surface area contributed by atoms with E-state index in [0.29, 0.717) is 42.2 Å². The molecule has 0 radical (unpaired) electrons. The lowest BCUT2D eigenvalue weighted by Gasteiger charge is -2.19. The molecule has 34 heavy (non-hydrogen) atoms. The summed E-state index contributed by atoms with van der Waals surface area (Å²) < 4.78 is 11.5. The number of hydrogen-bond acceptors (Lipinski definition) is 4. The maximum absolute atomic E-state index is 12.9. The molecule has 0 spiro atoms. The normalized spacial score (nSPS) is 11.8. The van der Waals surface area contributed by atoms with Crippen molar-refractivity contribution in [2.24, 2.45) is 0 Å². The minimum absolute atomic E-state index is 0.00448. The Balaban J connectivity index is 1.60. The second kappa shape index (κ2) is 13.0. The van der Waals surface area contributed by atoms with Gasteiger partial charge >= 0.3 is 0 Å². The lowest BCUT2D eigenvalue weighted by molar-refractivity contribution is 0.0932. The molecule has 5 nitrogen and oxygen atoms in total. The molecule has 0 fully saturated rings. The van der Waals surface area contributed by atoms with E-state index in [9.17, 15) is 9.90 Å². The zero-order chi connectivity index (χ0) is 24.3. The number of benzene rings is 3. The van der Waals surface area contributed by atoms with Gasteiger partial charge in [0, 0.05) is 18.2 Å². The minimum Gasteiger partial charge on any atom is -0.489 e. The highest BCUT2D eigenvalue weighted by Gasteiger charge is 2.16. The van der Waals surface area contributed by atoms with Crippen LogP contribution in [0.2, 0.25) is 5.02 Å². The topological polar surface area (TPSA) is 67.8 Å². The van der Waals surface area contributed by atoms with Crippen molar-refractivity contribution < 1.29 is 19.4 Å². The molecule has 0 bridgehead atoms. The first-order valence-corrected chi connectivity index (χ1v) is 12.0. The van der Waals surface area contributed by atoms with Crippen LogP contribution in [0.4, 0.5) is 0 Å². The molecule has 180 valence electrons. The van der Waals surface area contributed by atoms with Gasteiger partial charge in [-0.15, -0.1) is 0 Å². The number of aliphatic hydroxyl groups is 1. The number of amides is 1. The van der Waals surface area contributed by atoms with Crippen molar-refractivity contribution in [1.29, 1.82) is 0 Å². The van der Waals surface area contributed by atoms with Gasteiger partial charge in [0.05, 0.1) is 11.1 Å². The molecule has 6 heteroatoms. The number of carbonyl (C=O) groups excluding carboxylic acids is 1. The Labute approximate surface area is 206 Å². The Hall–Kier alpha value is -3.02. The van der Waals surface area contributed by atoms with E-state index in [-0.39, 0.29) is 24.7 Å². The SMILES string of the molecule is CC(C)Oc1ccc(C(=O)NC(CCCO)Cc2ccc(OCc3ccccc3)cc2)cc1Cl. The molecule has 0 aliphatic rings. The average molecular weight is 482 g/mol. The van der Waals surface area contributed by atoms with E-state index in [0.717, 1.165) is 16.9 Å². The zero-order valence-corrected chi connectivity index (χ0v) is 20.4. The highest BCUT2D eigenvalue weighted by molar-refractivity contribution is 6.32. The van der Waals surface area contributed by atoms with Gasteiger partial charge < -0.3 is 19.9 Å². The summed E-state index contributed by atoms with van der Waals surface area (Å²) in [5.41, 5.74) is 2.66. The molecule has 0 aliphatic carbocycles. The van der Waals surface area contributed by atoms with Gasteiger partial charge in [0.25, 0.3) is 5.91 Å². The predicted molar refractivity (Wildman–Crippen MR) is 136 cm³/mol. The number of aliphatic hydroxyl groups excluding tert-OH is 1. The van der Waals surface area contributed by atoms with Crippen LogP contribution in [0.25, 0.3) is 0 Å². The second-order valence-corrected chi connectivity index (χ2v) is 8.88. The van der Waals surface area contributed by atoms with Crippen molar-refractivity contribution >= 4 is 17.5 Å². The number of hydrogen-bond donors (Lipinski definition) is 2. The first-order valence-electron chi connectivity index (χ1n) is 11.6. The maximum Gasteiger partial charge on any atom is 0.251 e. The van der Waals surface area contributed by atoms with Crippen LogP contribution in [0.3, 0.4) is 0 Å². The summed E-state index contributed by atoms with van der Waals surface area (Å²) in [6.07, 6.45) is 1.91. The third-order valence-corrected chi connectivity index (χ3v) is 5.55. The van der Waals surface area contributed by atoms with Crippen LogP contribution in [-0.2, 0) is 13.0 Å². The molecular weight excluding hydrogens is 450 g/mol. The molecule has 1 amide bonds. The first kappa shape index (κ1) is 25.6. The van der Waals surface area contributed by atoms with Crippen molar-refractivity contribution in [3.05, 3.63) is 94.5 Å². The molecule has 3 aromatic rings. The van der Waals surface area contributed by atoms with Crippen LogP contribution in [0.1, 0.15) is 48.2 Å². The van der Waals surface area contributed by atoms with Crippen LogP contribution in [-0.4, -0.2) is 29.8 Å². The van der Waals surface area contributed by atoms with Crippen molar-refractivity contribution in [2.45, 2.75) is 51.9 Å². The Morgan fingerprint density at radius 2 is 1.74 bits per heavy atom. The number of nitrogens with one attached hydrogen (secondary N) is 1. The summed E-state index contributed by atoms with van der Waals surface area (Å²) in [6, 6.07) is 22.8. The molecule has 0 aromatic heterocycles. The minimum atomic E-state index is -0.205. The molecule has 1 atom stereocenters. The molecule has 0 saturated heterocycles. The average Bonchev–Trinajstić information content (AvgIpc) is 2.83. The third kappa shape index (κ3) is 8.08. The van der Waals surface area contributed by atoms with Crippen LogP contribution in [0, 0.1) is 0 Å². The van der Waals surface area contributed by atoms with Gasteiger partial charge in [-0.25, -0.2) is 0 Å². The van der Waals surface area contributed by atoms with Gasteiger partial charge in [-0.2, -0.15) is 0 Å². The summed E-state index contributed by atoms with van der Waals surface area (Å²) in [7, 11) is 0. The molecule has 2 N–H and O–H groups in total. The van der Waals surface area contributed by atoms with Crippen LogP contribution in [0.15, 0.2) is 72.8 Å². The monoisotopic (exact) mass is 481 g/mol. The van der Waals surface area contributed by atoms with E-state index in [2.05, 4.69) is 5.32 Å². The standard InChI is InChI=1S/C28H32ClNO4/c1-20(2)34-27-15-12-23(18-26(27)29)28(32)30-24(9-6-16-31)17-21-10-13-25(14-11-21)33-19-22-7-4-3-5-8-22/h3-5,7-8,10-15,18,20,24,31H,6,9,16-17,19H2,1-2H3,(H,30,32). The zero-order valence-electron chi connectivity index (χ0n) is 19.7. The molecule has 3 rings (SSSR count). The van der Waals surface area contributed by atoms with Gasteiger partial charge in [0.15, 0.2) is 0 Å². The molecular formula is C28H32ClNO4. The maximum atomic E-state index is 12.9. The summed E-state index contributed by atoms with van der Waals surface area (Å²) in [5.74, 6) is 1.14. The van der Waals surface area contributed by atoms with Crippen molar-refractivity contribution in [3.63, 3.8) is 0 Å². The smallest absolute Gasteiger partial charge is 0.251 e. The number of rotatable bonds is 12. The molecule has 0 aliphatic heterocycles. The van der Waals surface area contributed by atoms with Crippen molar-refractivity contribution in [1.82, 2.24) is 5.32 Å². The van der Waals surface area contributed by atoms with Gasteiger partial charge in [-0.1, -0.05) is 54.1 Å². The fraction of sp³-hybridized carbons (Fsp3) is 0.321. The van der Waals surface area contributed by atoms with E-state index in [4.69, 9.17) is 21.1 Å². The predicted octanol–water partition coefficient (Wildman–Crippen LogP) is 5.82. The quantitative estimate of drug-likeness (QED) is 0.342. The van der Waals surface area contributed by atoms with Crippen LogP contribution >= 0.6 is 11.6 Å². The highest BCUT2D eigenvalue weighted by Crippen LogP contribution is 2.26. The number of halogens is 1. The highest BCUT2D eigenvalue weighted by atomic mass is 35.5.